The second-order valence-corrected chi connectivity index (χ2v) is 5.44. The zero-order valence-electron chi connectivity index (χ0n) is 12.1. The van der Waals surface area contributed by atoms with E-state index in [1.165, 1.54) is 16.7 Å². The Balaban J connectivity index is 1.45. The van der Waals surface area contributed by atoms with Gasteiger partial charge in [-0.05, 0) is 41.3 Å². The number of hydrogen-bond acceptors (Lipinski definition) is 3. The Bertz CT molecular complexity index is 593. The van der Waals surface area contributed by atoms with Crippen molar-refractivity contribution < 1.29 is 9.84 Å². The van der Waals surface area contributed by atoms with Crippen LogP contribution in [0.5, 0.6) is 5.75 Å². The molecule has 0 fully saturated rings. The van der Waals surface area contributed by atoms with Crippen molar-refractivity contribution in [2.75, 3.05) is 13.2 Å². The molecule has 3 nitrogen and oxygen atoms in total. The summed E-state index contributed by atoms with van der Waals surface area (Å²) in [4.78, 5) is 0. The van der Waals surface area contributed by atoms with Crippen LogP contribution >= 0.6 is 0 Å². The van der Waals surface area contributed by atoms with E-state index in [4.69, 9.17) is 9.84 Å². The third-order valence-corrected chi connectivity index (χ3v) is 3.88. The van der Waals surface area contributed by atoms with Crippen molar-refractivity contribution in [2.24, 2.45) is 0 Å². The number of fused-ring (bicyclic) bond motifs is 1. The van der Waals surface area contributed by atoms with Crippen LogP contribution in [0.4, 0.5) is 0 Å². The molecule has 0 aromatic heterocycles. The highest BCUT2D eigenvalue weighted by atomic mass is 16.5. The van der Waals surface area contributed by atoms with Gasteiger partial charge in [-0.3, -0.25) is 0 Å². The van der Waals surface area contributed by atoms with Gasteiger partial charge in [0, 0.05) is 13.0 Å². The van der Waals surface area contributed by atoms with E-state index in [9.17, 15) is 0 Å². The summed E-state index contributed by atoms with van der Waals surface area (Å²) in [5.74, 6) is 1.05. The van der Waals surface area contributed by atoms with Crippen molar-refractivity contribution in [1.29, 1.82) is 0 Å². The Labute approximate surface area is 125 Å². The second-order valence-electron chi connectivity index (χ2n) is 5.44. The Morgan fingerprint density at radius 2 is 1.76 bits per heavy atom. The first-order chi connectivity index (χ1) is 10.3. The van der Waals surface area contributed by atoms with E-state index in [-0.39, 0.29) is 6.61 Å². The van der Waals surface area contributed by atoms with Crippen LogP contribution in [-0.2, 0) is 26.0 Å². The minimum Gasteiger partial charge on any atom is -0.493 e. The molecule has 0 saturated carbocycles. The Hall–Kier alpha value is -1.84. The summed E-state index contributed by atoms with van der Waals surface area (Å²) >= 11 is 0. The first kappa shape index (κ1) is 14.1. The van der Waals surface area contributed by atoms with Crippen LogP contribution in [0.25, 0.3) is 0 Å². The smallest absolute Gasteiger partial charge is 0.122 e. The highest BCUT2D eigenvalue weighted by molar-refractivity contribution is 5.39. The van der Waals surface area contributed by atoms with Gasteiger partial charge in [-0.2, -0.15) is 0 Å². The van der Waals surface area contributed by atoms with Gasteiger partial charge in [0.2, 0.25) is 0 Å². The summed E-state index contributed by atoms with van der Waals surface area (Å²) in [5, 5.41) is 12.5. The molecular formula is C18H21NO2. The molecule has 0 aliphatic carbocycles. The maximum Gasteiger partial charge on any atom is 0.122 e. The molecule has 0 spiro atoms. The summed E-state index contributed by atoms with van der Waals surface area (Å²) in [6.07, 6.45) is 2.07. The number of aliphatic hydroxyl groups excluding tert-OH is 1. The predicted octanol–water partition coefficient (Wildman–Crippen LogP) is 2.45. The zero-order valence-corrected chi connectivity index (χ0v) is 12.1. The molecule has 0 radical (unpaired) electrons. The molecule has 0 saturated heterocycles. The maximum absolute atomic E-state index is 9.01. The fourth-order valence-corrected chi connectivity index (χ4v) is 2.62. The molecule has 1 aliphatic rings. The highest BCUT2D eigenvalue weighted by Crippen LogP contribution is 2.25. The average molecular weight is 283 g/mol. The molecule has 0 unspecified atom stereocenters. The van der Waals surface area contributed by atoms with E-state index in [0.717, 1.165) is 43.9 Å². The molecule has 0 atom stereocenters. The summed E-state index contributed by atoms with van der Waals surface area (Å²) < 4.78 is 5.52. The van der Waals surface area contributed by atoms with Crippen LogP contribution in [0.15, 0.2) is 42.5 Å². The van der Waals surface area contributed by atoms with Crippen LogP contribution in [0.1, 0.15) is 22.3 Å². The first-order valence-electron chi connectivity index (χ1n) is 7.49. The fourth-order valence-electron chi connectivity index (χ4n) is 2.62. The van der Waals surface area contributed by atoms with E-state index < -0.39 is 0 Å². The number of ether oxygens (including phenoxy) is 1. The van der Waals surface area contributed by atoms with Crippen molar-refractivity contribution in [3.8, 4) is 5.75 Å². The van der Waals surface area contributed by atoms with E-state index in [1.807, 2.05) is 12.1 Å². The van der Waals surface area contributed by atoms with Crippen LogP contribution < -0.4 is 10.1 Å². The number of nitrogens with one attached hydrogen (secondary N) is 1. The van der Waals surface area contributed by atoms with Gasteiger partial charge in [0.25, 0.3) is 0 Å². The van der Waals surface area contributed by atoms with Gasteiger partial charge in [0.15, 0.2) is 0 Å². The monoisotopic (exact) mass is 283 g/mol. The van der Waals surface area contributed by atoms with E-state index in [2.05, 4.69) is 35.6 Å². The van der Waals surface area contributed by atoms with Gasteiger partial charge >= 0.3 is 0 Å². The Morgan fingerprint density at radius 1 is 1.00 bits per heavy atom. The summed E-state index contributed by atoms with van der Waals surface area (Å²) in [5.41, 5.74) is 4.91. The molecule has 0 bridgehead atoms. The lowest BCUT2D eigenvalue weighted by Gasteiger charge is -2.07. The van der Waals surface area contributed by atoms with Crippen LogP contribution in [0.2, 0.25) is 0 Å². The van der Waals surface area contributed by atoms with Gasteiger partial charge < -0.3 is 15.2 Å². The van der Waals surface area contributed by atoms with Crippen LogP contribution in [0.3, 0.4) is 0 Å². The van der Waals surface area contributed by atoms with Gasteiger partial charge in [-0.25, -0.2) is 0 Å². The number of aliphatic hydroxyl groups is 1. The van der Waals surface area contributed by atoms with E-state index in [0.29, 0.717) is 0 Å². The Kier molecular flexibility index (Phi) is 4.53. The summed E-state index contributed by atoms with van der Waals surface area (Å²) in [6, 6.07) is 14.6. The van der Waals surface area contributed by atoms with Crippen molar-refractivity contribution >= 4 is 0 Å². The lowest BCUT2D eigenvalue weighted by atomic mass is 10.1. The van der Waals surface area contributed by atoms with Gasteiger partial charge in [-0.15, -0.1) is 0 Å². The van der Waals surface area contributed by atoms with Gasteiger partial charge in [0.1, 0.15) is 5.75 Å². The molecule has 2 aromatic rings. The number of rotatable bonds is 6. The normalized spacial score (nSPS) is 13.0. The van der Waals surface area contributed by atoms with Crippen molar-refractivity contribution in [3.05, 3.63) is 64.7 Å². The molecule has 3 heteroatoms. The topological polar surface area (TPSA) is 41.5 Å². The number of hydrogen-bond donors (Lipinski definition) is 2. The lowest BCUT2D eigenvalue weighted by Crippen LogP contribution is -2.16. The van der Waals surface area contributed by atoms with E-state index in [1.54, 1.807) is 0 Å². The van der Waals surface area contributed by atoms with Gasteiger partial charge in [0.05, 0.1) is 13.2 Å². The first-order valence-corrected chi connectivity index (χ1v) is 7.49. The SMILES string of the molecule is OCc1ccc(CNCCc2ccc3c(c2)CCO3)cc1. The van der Waals surface area contributed by atoms with Crippen molar-refractivity contribution in [1.82, 2.24) is 5.32 Å². The predicted molar refractivity (Wildman–Crippen MR) is 83.4 cm³/mol. The zero-order chi connectivity index (χ0) is 14.5. The minimum absolute atomic E-state index is 0.107. The molecule has 110 valence electrons. The summed E-state index contributed by atoms with van der Waals surface area (Å²) in [6.45, 7) is 2.75. The third kappa shape index (κ3) is 3.63. The molecule has 2 N–H and O–H groups in total. The van der Waals surface area contributed by atoms with Crippen molar-refractivity contribution in [2.45, 2.75) is 26.0 Å². The fraction of sp³-hybridized carbons (Fsp3) is 0.333. The molecule has 1 heterocycles. The Morgan fingerprint density at radius 3 is 2.57 bits per heavy atom. The molecular weight excluding hydrogens is 262 g/mol. The summed E-state index contributed by atoms with van der Waals surface area (Å²) in [7, 11) is 0. The molecule has 0 amide bonds. The van der Waals surface area contributed by atoms with E-state index >= 15 is 0 Å². The third-order valence-electron chi connectivity index (χ3n) is 3.88. The highest BCUT2D eigenvalue weighted by Gasteiger charge is 2.11. The minimum atomic E-state index is 0.107. The largest absolute Gasteiger partial charge is 0.493 e. The average Bonchev–Trinajstić information content (AvgIpc) is 3.00. The molecule has 3 rings (SSSR count). The quantitative estimate of drug-likeness (QED) is 0.800. The standard InChI is InChI=1S/C18H21NO2/c20-13-16-3-1-15(2-4-16)12-19-9-7-14-5-6-18-17(11-14)8-10-21-18/h1-6,11,19-20H,7-10,12-13H2. The second kappa shape index (κ2) is 6.74. The van der Waals surface area contributed by atoms with Crippen LogP contribution in [0, 0.1) is 0 Å². The molecule has 2 aromatic carbocycles. The molecule has 21 heavy (non-hydrogen) atoms. The van der Waals surface area contributed by atoms with Gasteiger partial charge in [-0.1, -0.05) is 36.4 Å². The maximum atomic E-state index is 9.01. The van der Waals surface area contributed by atoms with Crippen LogP contribution in [-0.4, -0.2) is 18.3 Å². The van der Waals surface area contributed by atoms with Crippen molar-refractivity contribution in [3.63, 3.8) is 0 Å². The molecule has 1 aliphatic heterocycles. The lowest BCUT2D eigenvalue weighted by molar-refractivity contribution is 0.282. The number of benzene rings is 2.